The lowest BCUT2D eigenvalue weighted by Crippen LogP contribution is -2.32. The smallest absolute Gasteiger partial charge is 0.230 e. The standard InChI is InChI=1S/C19H21N3O4S/c1-24-16-7-12-6-13(9-20)19(22-15(12)8-17(16)25-2)27-11-18(23)21-10-14-4-3-5-26-14/h6-8,14H,3-5,10-11H2,1-2H3,(H,21,23)/t14-/m1/s1. The number of hydrogen-bond donors (Lipinski definition) is 1. The fourth-order valence-corrected chi connectivity index (χ4v) is 3.68. The number of thioether (sulfide) groups is 1. The molecule has 0 unspecified atom stereocenters. The number of pyridine rings is 1. The van der Waals surface area contributed by atoms with Crippen LogP contribution in [0.5, 0.6) is 11.5 Å². The molecule has 1 fully saturated rings. The van der Waals surface area contributed by atoms with Crippen molar-refractivity contribution in [1.29, 1.82) is 5.26 Å². The molecule has 1 aromatic carbocycles. The maximum Gasteiger partial charge on any atom is 0.230 e. The second-order valence-electron chi connectivity index (χ2n) is 6.08. The van der Waals surface area contributed by atoms with Crippen molar-refractivity contribution in [2.24, 2.45) is 0 Å². The van der Waals surface area contributed by atoms with Gasteiger partial charge in [0.25, 0.3) is 0 Å². The molecular formula is C19H21N3O4S. The Balaban J connectivity index is 1.72. The lowest BCUT2D eigenvalue weighted by Gasteiger charge is -2.12. The quantitative estimate of drug-likeness (QED) is 0.730. The molecule has 2 aromatic rings. The molecule has 142 valence electrons. The zero-order valence-corrected chi connectivity index (χ0v) is 16.1. The number of ether oxygens (including phenoxy) is 3. The number of hydrogen-bond acceptors (Lipinski definition) is 7. The van der Waals surface area contributed by atoms with Crippen LogP contribution in [-0.2, 0) is 9.53 Å². The molecular weight excluding hydrogens is 366 g/mol. The Morgan fingerprint density at radius 2 is 2.15 bits per heavy atom. The maximum atomic E-state index is 12.1. The first-order valence-electron chi connectivity index (χ1n) is 8.62. The molecule has 27 heavy (non-hydrogen) atoms. The average molecular weight is 387 g/mol. The van der Waals surface area contributed by atoms with Crippen LogP contribution >= 0.6 is 11.8 Å². The zero-order valence-electron chi connectivity index (χ0n) is 15.3. The normalized spacial score (nSPS) is 16.1. The summed E-state index contributed by atoms with van der Waals surface area (Å²) in [5.41, 5.74) is 1.10. The number of carbonyl (C=O) groups is 1. The van der Waals surface area contributed by atoms with Gasteiger partial charge in [0.2, 0.25) is 5.91 Å². The van der Waals surface area contributed by atoms with Crippen LogP contribution in [0.25, 0.3) is 10.9 Å². The Labute approximate surface area is 162 Å². The molecule has 1 aromatic heterocycles. The van der Waals surface area contributed by atoms with E-state index in [2.05, 4.69) is 16.4 Å². The van der Waals surface area contributed by atoms with E-state index in [1.54, 1.807) is 32.4 Å². The van der Waals surface area contributed by atoms with Crippen LogP contribution in [0.2, 0.25) is 0 Å². The molecule has 0 saturated carbocycles. The Bertz CT molecular complexity index is 875. The molecule has 1 aliphatic rings. The first kappa shape index (κ1) is 19.3. The largest absolute Gasteiger partial charge is 0.493 e. The molecule has 1 aliphatic heterocycles. The summed E-state index contributed by atoms with van der Waals surface area (Å²) < 4.78 is 16.1. The first-order chi connectivity index (χ1) is 13.1. The summed E-state index contributed by atoms with van der Waals surface area (Å²) in [7, 11) is 3.11. The summed E-state index contributed by atoms with van der Waals surface area (Å²) in [6.07, 6.45) is 2.12. The third kappa shape index (κ3) is 4.62. The molecule has 0 spiro atoms. The molecule has 1 N–H and O–H groups in total. The molecule has 7 nitrogen and oxygen atoms in total. The number of nitrogens with one attached hydrogen (secondary N) is 1. The number of carbonyl (C=O) groups excluding carboxylic acids is 1. The van der Waals surface area contributed by atoms with Crippen molar-refractivity contribution in [2.75, 3.05) is 33.1 Å². The number of methoxy groups -OCH3 is 2. The topological polar surface area (TPSA) is 93.5 Å². The molecule has 8 heteroatoms. The van der Waals surface area contributed by atoms with Gasteiger partial charge in [0.15, 0.2) is 11.5 Å². The highest BCUT2D eigenvalue weighted by molar-refractivity contribution is 8.00. The highest BCUT2D eigenvalue weighted by atomic mass is 32.2. The van der Waals surface area contributed by atoms with E-state index < -0.39 is 0 Å². The van der Waals surface area contributed by atoms with Crippen LogP contribution in [0.1, 0.15) is 18.4 Å². The van der Waals surface area contributed by atoms with Crippen LogP contribution in [0.15, 0.2) is 23.2 Å². The van der Waals surface area contributed by atoms with Crippen molar-refractivity contribution >= 4 is 28.6 Å². The second-order valence-corrected chi connectivity index (χ2v) is 7.04. The minimum Gasteiger partial charge on any atom is -0.493 e. The van der Waals surface area contributed by atoms with Crippen molar-refractivity contribution in [3.63, 3.8) is 0 Å². The van der Waals surface area contributed by atoms with E-state index in [1.165, 1.54) is 11.8 Å². The number of benzene rings is 1. The fraction of sp³-hybridized carbons (Fsp3) is 0.421. The summed E-state index contributed by atoms with van der Waals surface area (Å²) in [5, 5.41) is 13.6. The summed E-state index contributed by atoms with van der Waals surface area (Å²) in [5.74, 6) is 1.22. The Morgan fingerprint density at radius 1 is 1.37 bits per heavy atom. The van der Waals surface area contributed by atoms with Crippen molar-refractivity contribution in [2.45, 2.75) is 24.0 Å². The van der Waals surface area contributed by atoms with Crippen molar-refractivity contribution in [3.8, 4) is 17.6 Å². The van der Waals surface area contributed by atoms with Crippen LogP contribution in [0, 0.1) is 11.3 Å². The average Bonchev–Trinajstić information content (AvgIpc) is 3.22. The predicted octanol–water partition coefficient (Wildman–Crippen LogP) is 2.51. The van der Waals surface area contributed by atoms with E-state index in [9.17, 15) is 10.1 Å². The van der Waals surface area contributed by atoms with Gasteiger partial charge in [-0.05, 0) is 25.0 Å². The second kappa shape index (κ2) is 8.93. The van der Waals surface area contributed by atoms with Crippen LogP contribution in [0.3, 0.4) is 0 Å². The molecule has 1 atom stereocenters. The number of rotatable bonds is 7. The van der Waals surface area contributed by atoms with Gasteiger partial charge in [-0.25, -0.2) is 4.98 Å². The van der Waals surface area contributed by atoms with E-state index in [0.717, 1.165) is 24.8 Å². The van der Waals surface area contributed by atoms with E-state index in [1.807, 2.05) is 0 Å². The van der Waals surface area contributed by atoms with E-state index >= 15 is 0 Å². The number of aromatic nitrogens is 1. The van der Waals surface area contributed by atoms with Gasteiger partial charge in [-0.3, -0.25) is 4.79 Å². The molecule has 0 aliphatic carbocycles. The van der Waals surface area contributed by atoms with E-state index in [-0.39, 0.29) is 17.8 Å². The van der Waals surface area contributed by atoms with Crippen LogP contribution in [-0.4, -0.2) is 50.1 Å². The monoisotopic (exact) mass is 387 g/mol. The van der Waals surface area contributed by atoms with Crippen LogP contribution < -0.4 is 14.8 Å². The van der Waals surface area contributed by atoms with Gasteiger partial charge in [0.1, 0.15) is 11.1 Å². The highest BCUT2D eigenvalue weighted by Crippen LogP contribution is 2.33. The number of nitriles is 1. The van der Waals surface area contributed by atoms with Gasteiger partial charge in [-0.2, -0.15) is 5.26 Å². The van der Waals surface area contributed by atoms with Gasteiger partial charge in [-0.1, -0.05) is 11.8 Å². The molecule has 1 saturated heterocycles. The molecule has 0 radical (unpaired) electrons. The van der Waals surface area contributed by atoms with Gasteiger partial charge >= 0.3 is 0 Å². The Morgan fingerprint density at radius 3 is 2.81 bits per heavy atom. The number of nitrogens with zero attached hydrogens (tertiary/aromatic N) is 2. The minimum atomic E-state index is -0.103. The third-order valence-corrected chi connectivity index (χ3v) is 5.29. The van der Waals surface area contributed by atoms with Gasteiger partial charge in [0.05, 0.1) is 37.2 Å². The fourth-order valence-electron chi connectivity index (χ4n) is 2.89. The van der Waals surface area contributed by atoms with Gasteiger partial charge in [-0.15, -0.1) is 0 Å². The zero-order chi connectivity index (χ0) is 19.2. The minimum absolute atomic E-state index is 0.103. The number of fused-ring (bicyclic) bond motifs is 1. The van der Waals surface area contributed by atoms with Crippen LogP contribution in [0.4, 0.5) is 0 Å². The Kier molecular flexibility index (Phi) is 6.37. The maximum absolute atomic E-state index is 12.1. The summed E-state index contributed by atoms with van der Waals surface area (Å²) >= 11 is 1.24. The lowest BCUT2D eigenvalue weighted by atomic mass is 10.1. The van der Waals surface area contributed by atoms with Crippen molar-refractivity contribution in [1.82, 2.24) is 10.3 Å². The van der Waals surface area contributed by atoms with E-state index in [0.29, 0.717) is 34.1 Å². The predicted molar refractivity (Wildman–Crippen MR) is 102 cm³/mol. The number of amides is 1. The molecule has 2 heterocycles. The molecule has 3 rings (SSSR count). The summed E-state index contributed by atoms with van der Waals surface area (Å²) in [4.78, 5) is 16.6. The van der Waals surface area contributed by atoms with Crippen molar-refractivity contribution < 1.29 is 19.0 Å². The highest BCUT2D eigenvalue weighted by Gasteiger charge is 2.17. The lowest BCUT2D eigenvalue weighted by molar-refractivity contribution is -0.119. The van der Waals surface area contributed by atoms with Gasteiger partial charge in [0, 0.05) is 24.6 Å². The van der Waals surface area contributed by atoms with E-state index in [4.69, 9.17) is 14.2 Å². The molecule has 1 amide bonds. The third-order valence-electron chi connectivity index (χ3n) is 4.30. The molecule has 0 bridgehead atoms. The summed E-state index contributed by atoms with van der Waals surface area (Å²) in [6.45, 7) is 1.28. The first-order valence-corrected chi connectivity index (χ1v) is 9.61. The van der Waals surface area contributed by atoms with Gasteiger partial charge < -0.3 is 19.5 Å². The SMILES string of the molecule is COc1cc2cc(C#N)c(SCC(=O)NC[C@H]3CCCO3)nc2cc1OC. The Hall–Kier alpha value is -2.50. The summed E-state index contributed by atoms with van der Waals surface area (Å²) in [6, 6.07) is 7.44. The van der Waals surface area contributed by atoms with Crippen molar-refractivity contribution in [3.05, 3.63) is 23.8 Å².